The van der Waals surface area contributed by atoms with Crippen LogP contribution in [0.5, 0.6) is 0 Å². The summed E-state index contributed by atoms with van der Waals surface area (Å²) in [6, 6.07) is 17.2. The number of fused-ring (bicyclic) bond motifs is 3. The minimum atomic E-state index is 0.729. The van der Waals surface area contributed by atoms with E-state index in [-0.39, 0.29) is 0 Å². The van der Waals surface area contributed by atoms with Crippen molar-refractivity contribution in [2.24, 2.45) is 11.8 Å². The quantitative estimate of drug-likeness (QED) is 0.658. The number of rotatable bonds is 2. The lowest BCUT2D eigenvalue weighted by Gasteiger charge is -2.40. The van der Waals surface area contributed by atoms with Crippen LogP contribution in [0, 0.1) is 23.2 Å². The predicted molar refractivity (Wildman–Crippen MR) is 98.8 cm³/mol. The van der Waals surface area contributed by atoms with Crippen LogP contribution in [0.25, 0.3) is 11.1 Å². The van der Waals surface area contributed by atoms with Gasteiger partial charge in [0.25, 0.3) is 0 Å². The third kappa shape index (κ3) is 2.75. The lowest BCUT2D eigenvalue weighted by Crippen LogP contribution is -2.27. The summed E-state index contributed by atoms with van der Waals surface area (Å²) in [4.78, 5) is 0. The van der Waals surface area contributed by atoms with Crippen LogP contribution in [0.1, 0.15) is 61.6 Å². The van der Waals surface area contributed by atoms with E-state index in [1.807, 2.05) is 12.1 Å². The third-order valence-electron chi connectivity index (χ3n) is 6.34. The van der Waals surface area contributed by atoms with Crippen molar-refractivity contribution in [3.8, 4) is 17.2 Å². The monoisotopic (exact) mass is 315 g/mol. The molecule has 0 aromatic heterocycles. The van der Waals surface area contributed by atoms with E-state index in [1.165, 1.54) is 49.7 Å². The van der Waals surface area contributed by atoms with Crippen LogP contribution in [0.3, 0.4) is 0 Å². The van der Waals surface area contributed by atoms with Gasteiger partial charge in [-0.15, -0.1) is 0 Å². The molecule has 0 N–H and O–H groups in total. The van der Waals surface area contributed by atoms with Gasteiger partial charge in [0.2, 0.25) is 0 Å². The summed E-state index contributed by atoms with van der Waals surface area (Å²) in [5.41, 5.74) is 6.42. The van der Waals surface area contributed by atoms with Gasteiger partial charge in [0, 0.05) is 0 Å². The van der Waals surface area contributed by atoms with Gasteiger partial charge >= 0.3 is 0 Å². The number of hydrogen-bond donors (Lipinski definition) is 0. The van der Waals surface area contributed by atoms with Crippen molar-refractivity contribution in [3.63, 3.8) is 0 Å². The first-order valence-electron chi connectivity index (χ1n) is 9.42. The minimum absolute atomic E-state index is 0.729. The molecule has 0 radical (unpaired) electrons. The molecule has 1 saturated carbocycles. The number of nitrogens with zero attached hydrogens (tertiary/aromatic N) is 1. The minimum Gasteiger partial charge on any atom is -0.192 e. The zero-order valence-corrected chi connectivity index (χ0v) is 14.5. The third-order valence-corrected chi connectivity index (χ3v) is 6.34. The highest BCUT2D eigenvalue weighted by Gasteiger charge is 2.34. The molecule has 0 spiro atoms. The van der Waals surface area contributed by atoms with Crippen LogP contribution in [0.15, 0.2) is 42.5 Å². The molecule has 2 aliphatic carbocycles. The molecule has 3 unspecified atom stereocenters. The van der Waals surface area contributed by atoms with Crippen molar-refractivity contribution in [2.75, 3.05) is 0 Å². The first kappa shape index (κ1) is 15.5. The van der Waals surface area contributed by atoms with Gasteiger partial charge in [0.1, 0.15) is 0 Å². The maximum Gasteiger partial charge on any atom is 0.0991 e. The van der Waals surface area contributed by atoms with Gasteiger partial charge in [-0.1, -0.05) is 43.7 Å². The Morgan fingerprint density at radius 1 is 1.00 bits per heavy atom. The zero-order chi connectivity index (χ0) is 16.5. The molecule has 2 aliphatic rings. The van der Waals surface area contributed by atoms with Gasteiger partial charge < -0.3 is 0 Å². The second kappa shape index (κ2) is 6.44. The summed E-state index contributed by atoms with van der Waals surface area (Å²) in [6.07, 6.45) is 8.19. The molecule has 1 nitrogen and oxygen atoms in total. The summed E-state index contributed by atoms with van der Waals surface area (Å²) in [5, 5.41) is 8.95. The molecule has 1 heteroatoms. The predicted octanol–water partition coefficient (Wildman–Crippen LogP) is 6.08. The molecule has 0 bridgehead atoms. The number of aryl methyl sites for hydroxylation is 1. The molecule has 24 heavy (non-hydrogen) atoms. The number of hydrogen-bond acceptors (Lipinski definition) is 1. The standard InChI is InChI=1S/C23H25N/c1-2-16-5-11-22-20(13-16)8-9-21-14-19(10-12-23(21)22)18-6-3-17(15-24)4-7-18/h3-4,6-7,10,12,14,16,20,22H,2,5,8-9,11,13H2,1H3. The largest absolute Gasteiger partial charge is 0.192 e. The molecular formula is C23H25N. The number of nitriles is 1. The molecule has 0 amide bonds. The van der Waals surface area contributed by atoms with Crippen molar-refractivity contribution in [2.45, 2.75) is 51.4 Å². The van der Waals surface area contributed by atoms with Crippen LogP contribution in [-0.2, 0) is 6.42 Å². The molecule has 1 fully saturated rings. The Morgan fingerprint density at radius 3 is 2.54 bits per heavy atom. The molecule has 4 rings (SSSR count). The summed E-state index contributed by atoms with van der Waals surface area (Å²) in [6.45, 7) is 2.35. The number of benzene rings is 2. The van der Waals surface area contributed by atoms with Crippen LogP contribution < -0.4 is 0 Å². The highest BCUT2D eigenvalue weighted by atomic mass is 14.4. The summed E-state index contributed by atoms with van der Waals surface area (Å²) in [5.74, 6) is 2.68. The van der Waals surface area contributed by atoms with Gasteiger partial charge in [-0.25, -0.2) is 0 Å². The van der Waals surface area contributed by atoms with Crippen LogP contribution in [-0.4, -0.2) is 0 Å². The van der Waals surface area contributed by atoms with Crippen molar-refractivity contribution >= 4 is 0 Å². The summed E-state index contributed by atoms with van der Waals surface area (Å²) in [7, 11) is 0. The normalized spacial score (nSPS) is 25.4. The van der Waals surface area contributed by atoms with Gasteiger partial charge in [-0.05, 0) is 84.2 Å². The molecular weight excluding hydrogens is 290 g/mol. The molecule has 2 aromatic rings. The average Bonchev–Trinajstić information content (AvgIpc) is 2.67. The van der Waals surface area contributed by atoms with Crippen LogP contribution in [0.2, 0.25) is 0 Å². The van der Waals surface area contributed by atoms with E-state index in [2.05, 4.69) is 43.3 Å². The SMILES string of the molecule is CCC1CCC2c3ccc(-c4ccc(C#N)cc4)cc3CCC2C1. The van der Waals surface area contributed by atoms with Crippen molar-refractivity contribution < 1.29 is 0 Å². The molecule has 122 valence electrons. The fourth-order valence-corrected chi connectivity index (χ4v) is 4.90. The molecule has 0 saturated heterocycles. The van der Waals surface area contributed by atoms with E-state index in [9.17, 15) is 0 Å². The first-order valence-corrected chi connectivity index (χ1v) is 9.42. The Bertz CT molecular complexity index is 766. The highest BCUT2D eigenvalue weighted by Crippen LogP contribution is 2.48. The van der Waals surface area contributed by atoms with Gasteiger partial charge in [-0.3, -0.25) is 0 Å². The Kier molecular flexibility index (Phi) is 4.15. The van der Waals surface area contributed by atoms with E-state index in [0.29, 0.717) is 0 Å². The summed E-state index contributed by atoms with van der Waals surface area (Å²) >= 11 is 0. The lowest BCUT2D eigenvalue weighted by atomic mass is 9.65. The zero-order valence-electron chi connectivity index (χ0n) is 14.5. The fourth-order valence-electron chi connectivity index (χ4n) is 4.90. The second-order valence-corrected chi connectivity index (χ2v) is 7.60. The molecule has 3 atom stereocenters. The van der Waals surface area contributed by atoms with Crippen LogP contribution >= 0.6 is 0 Å². The van der Waals surface area contributed by atoms with E-state index < -0.39 is 0 Å². The van der Waals surface area contributed by atoms with Gasteiger partial charge in [0.15, 0.2) is 0 Å². The first-order chi connectivity index (χ1) is 11.8. The highest BCUT2D eigenvalue weighted by molar-refractivity contribution is 5.66. The molecule has 0 aliphatic heterocycles. The molecule has 0 heterocycles. The van der Waals surface area contributed by atoms with Crippen molar-refractivity contribution in [1.29, 1.82) is 5.26 Å². The van der Waals surface area contributed by atoms with E-state index in [4.69, 9.17) is 5.26 Å². The fraction of sp³-hybridized carbons (Fsp3) is 0.435. The van der Waals surface area contributed by atoms with E-state index >= 15 is 0 Å². The topological polar surface area (TPSA) is 23.8 Å². The Labute approximate surface area is 145 Å². The van der Waals surface area contributed by atoms with Crippen molar-refractivity contribution in [1.82, 2.24) is 0 Å². The maximum absolute atomic E-state index is 8.95. The average molecular weight is 315 g/mol. The van der Waals surface area contributed by atoms with Crippen molar-refractivity contribution in [3.05, 3.63) is 59.2 Å². The second-order valence-electron chi connectivity index (χ2n) is 7.60. The smallest absolute Gasteiger partial charge is 0.0991 e. The van der Waals surface area contributed by atoms with E-state index in [1.54, 1.807) is 11.1 Å². The maximum atomic E-state index is 8.95. The Morgan fingerprint density at radius 2 is 1.79 bits per heavy atom. The van der Waals surface area contributed by atoms with Crippen LogP contribution in [0.4, 0.5) is 0 Å². The summed E-state index contributed by atoms with van der Waals surface area (Å²) < 4.78 is 0. The van der Waals surface area contributed by atoms with Gasteiger partial charge in [-0.2, -0.15) is 5.26 Å². The Balaban J connectivity index is 1.61. The molecule has 2 aromatic carbocycles. The van der Waals surface area contributed by atoms with Gasteiger partial charge in [0.05, 0.1) is 11.6 Å². The Hall–Kier alpha value is -2.07. The van der Waals surface area contributed by atoms with E-state index in [0.717, 1.165) is 23.3 Å². The lowest BCUT2D eigenvalue weighted by molar-refractivity contribution is 0.206.